The Kier molecular flexibility index (Phi) is 8.74. The largest absolute Gasteiger partial charge is 0.477 e. The van der Waals surface area contributed by atoms with Gasteiger partial charge in [0.05, 0.1) is 10.3 Å². The molecule has 0 N–H and O–H groups in total. The van der Waals surface area contributed by atoms with E-state index in [1.54, 1.807) is 18.5 Å². The highest BCUT2D eigenvalue weighted by Gasteiger charge is 2.41. The van der Waals surface area contributed by atoms with Crippen molar-refractivity contribution in [2.45, 2.75) is 56.6 Å². The van der Waals surface area contributed by atoms with Crippen molar-refractivity contribution in [3.8, 4) is 23.3 Å². The highest BCUT2D eigenvalue weighted by molar-refractivity contribution is 8.17. The van der Waals surface area contributed by atoms with E-state index in [0.29, 0.717) is 17.7 Å². The number of benzene rings is 1. The lowest BCUT2D eigenvalue weighted by Gasteiger charge is -2.40. The summed E-state index contributed by atoms with van der Waals surface area (Å²) in [5, 5.41) is 0. The molecule has 0 amide bonds. The third-order valence-corrected chi connectivity index (χ3v) is 7.82. The molecule has 1 aromatic heterocycles. The van der Waals surface area contributed by atoms with Crippen LogP contribution in [0.2, 0.25) is 0 Å². The standard InChI is InChI=1S/C25H29NO3S2/c1-4-7-12-24(27)29-21-15-19(17-26-18-21)13-14-20-16-25(30-5-2,31-6-3)22-10-8-9-11-23(22)28-20/h8-11,15,17-18,20H,4-7,12,16H2,1-3H3. The predicted molar refractivity (Wildman–Crippen MR) is 130 cm³/mol. The Balaban J connectivity index is 1.80. The number of esters is 1. The second-order valence-corrected chi connectivity index (χ2v) is 10.6. The Morgan fingerprint density at radius 2 is 2.00 bits per heavy atom. The van der Waals surface area contributed by atoms with Crippen molar-refractivity contribution in [3.63, 3.8) is 0 Å². The summed E-state index contributed by atoms with van der Waals surface area (Å²) in [6.07, 6.45) is 6.01. The Bertz CT molecular complexity index is 945. The van der Waals surface area contributed by atoms with Crippen LogP contribution in [0.1, 0.15) is 57.6 Å². The average molecular weight is 456 g/mol. The number of pyridine rings is 1. The highest BCUT2D eigenvalue weighted by Crippen LogP contribution is 2.55. The Labute approximate surface area is 193 Å². The summed E-state index contributed by atoms with van der Waals surface area (Å²) in [6.45, 7) is 6.43. The molecule has 0 bridgehead atoms. The molecular weight excluding hydrogens is 426 g/mol. The summed E-state index contributed by atoms with van der Waals surface area (Å²) in [4.78, 5) is 16.1. The molecule has 1 atom stereocenters. The van der Waals surface area contributed by atoms with Gasteiger partial charge >= 0.3 is 5.97 Å². The molecule has 164 valence electrons. The van der Waals surface area contributed by atoms with Gasteiger partial charge < -0.3 is 9.47 Å². The minimum absolute atomic E-state index is 0.0629. The summed E-state index contributed by atoms with van der Waals surface area (Å²) in [6, 6.07) is 10.0. The lowest BCUT2D eigenvalue weighted by Crippen LogP contribution is -2.33. The first kappa shape index (κ1) is 23.6. The van der Waals surface area contributed by atoms with E-state index in [1.807, 2.05) is 42.6 Å². The fourth-order valence-electron chi connectivity index (χ4n) is 3.51. The van der Waals surface area contributed by atoms with Gasteiger partial charge in [-0.25, -0.2) is 0 Å². The lowest BCUT2D eigenvalue weighted by atomic mass is 10.0. The van der Waals surface area contributed by atoms with Crippen molar-refractivity contribution in [1.29, 1.82) is 0 Å². The van der Waals surface area contributed by atoms with Crippen LogP contribution in [0, 0.1) is 11.8 Å². The molecule has 6 heteroatoms. The first-order valence-electron chi connectivity index (χ1n) is 10.8. The number of carbonyl (C=O) groups excluding carboxylic acids is 1. The van der Waals surface area contributed by atoms with Crippen LogP contribution < -0.4 is 9.47 Å². The first-order valence-corrected chi connectivity index (χ1v) is 12.8. The molecule has 1 aliphatic rings. The molecule has 2 aromatic rings. The van der Waals surface area contributed by atoms with Crippen LogP contribution in [0.4, 0.5) is 0 Å². The van der Waals surface area contributed by atoms with Crippen LogP contribution in [-0.4, -0.2) is 28.6 Å². The molecule has 2 heterocycles. The van der Waals surface area contributed by atoms with Gasteiger partial charge in [0, 0.05) is 30.2 Å². The SMILES string of the molecule is CCCCC(=O)Oc1cncc(C#CC2CC(SCC)(SCC)c3ccccc3O2)c1. The second kappa shape index (κ2) is 11.5. The number of aromatic nitrogens is 1. The average Bonchev–Trinajstić information content (AvgIpc) is 2.77. The molecule has 0 saturated carbocycles. The topological polar surface area (TPSA) is 48.4 Å². The molecule has 0 spiro atoms. The number of hydrogen-bond donors (Lipinski definition) is 0. The van der Waals surface area contributed by atoms with Gasteiger partial charge in [-0.15, -0.1) is 23.5 Å². The van der Waals surface area contributed by atoms with Crippen molar-refractivity contribution in [2.75, 3.05) is 11.5 Å². The third-order valence-electron chi connectivity index (χ3n) is 4.83. The number of fused-ring (bicyclic) bond motifs is 1. The van der Waals surface area contributed by atoms with Gasteiger partial charge in [-0.3, -0.25) is 9.78 Å². The fourth-order valence-corrected chi connectivity index (χ4v) is 6.67. The molecule has 1 aliphatic heterocycles. The smallest absolute Gasteiger partial charge is 0.311 e. The molecule has 0 saturated heterocycles. The van der Waals surface area contributed by atoms with E-state index in [0.717, 1.165) is 36.5 Å². The van der Waals surface area contributed by atoms with E-state index in [1.165, 1.54) is 5.56 Å². The second-order valence-electron chi connectivity index (χ2n) is 7.18. The third kappa shape index (κ3) is 6.21. The van der Waals surface area contributed by atoms with Crippen LogP contribution in [0.25, 0.3) is 0 Å². The zero-order chi connectivity index (χ0) is 22.1. The van der Waals surface area contributed by atoms with E-state index in [2.05, 4.69) is 42.8 Å². The van der Waals surface area contributed by atoms with E-state index < -0.39 is 0 Å². The van der Waals surface area contributed by atoms with Crippen molar-refractivity contribution in [3.05, 3.63) is 53.9 Å². The van der Waals surface area contributed by atoms with Crippen LogP contribution in [0.15, 0.2) is 42.7 Å². The summed E-state index contributed by atoms with van der Waals surface area (Å²) in [5.41, 5.74) is 1.95. The number of thioether (sulfide) groups is 2. The van der Waals surface area contributed by atoms with Gasteiger partial charge in [0.1, 0.15) is 11.5 Å². The van der Waals surface area contributed by atoms with Gasteiger partial charge in [0.25, 0.3) is 0 Å². The predicted octanol–water partition coefficient (Wildman–Crippen LogP) is 6.04. The Morgan fingerprint density at radius 3 is 2.74 bits per heavy atom. The zero-order valence-electron chi connectivity index (χ0n) is 18.3. The molecule has 1 unspecified atom stereocenters. The summed E-state index contributed by atoms with van der Waals surface area (Å²) in [7, 11) is 0. The van der Waals surface area contributed by atoms with Gasteiger partial charge in [0.15, 0.2) is 6.10 Å². The van der Waals surface area contributed by atoms with Crippen LogP contribution in [-0.2, 0) is 8.87 Å². The highest BCUT2D eigenvalue weighted by atomic mass is 32.2. The quantitative estimate of drug-likeness (QED) is 0.275. The molecule has 0 aliphatic carbocycles. The van der Waals surface area contributed by atoms with Gasteiger partial charge in [0.2, 0.25) is 0 Å². The number of ether oxygens (including phenoxy) is 2. The number of para-hydroxylation sites is 1. The summed E-state index contributed by atoms with van der Waals surface area (Å²) >= 11 is 3.91. The monoisotopic (exact) mass is 455 g/mol. The molecule has 0 fully saturated rings. The molecule has 3 rings (SSSR count). The number of hydrogen-bond acceptors (Lipinski definition) is 6. The van der Waals surface area contributed by atoms with E-state index >= 15 is 0 Å². The maximum Gasteiger partial charge on any atom is 0.311 e. The molecule has 4 nitrogen and oxygen atoms in total. The molecule has 1 aromatic carbocycles. The molecular formula is C25H29NO3S2. The van der Waals surface area contributed by atoms with Crippen LogP contribution in [0.5, 0.6) is 11.5 Å². The van der Waals surface area contributed by atoms with Crippen molar-refractivity contribution in [2.24, 2.45) is 0 Å². The van der Waals surface area contributed by atoms with Crippen molar-refractivity contribution < 1.29 is 14.3 Å². The van der Waals surface area contributed by atoms with Crippen molar-refractivity contribution >= 4 is 29.5 Å². The summed E-state index contributed by atoms with van der Waals surface area (Å²) < 4.78 is 11.6. The van der Waals surface area contributed by atoms with Gasteiger partial charge in [-0.05, 0) is 30.1 Å². The maximum atomic E-state index is 11.9. The van der Waals surface area contributed by atoms with E-state index in [-0.39, 0.29) is 16.2 Å². The van der Waals surface area contributed by atoms with Crippen LogP contribution in [0.3, 0.4) is 0 Å². The minimum Gasteiger partial charge on any atom is -0.477 e. The van der Waals surface area contributed by atoms with Gasteiger partial charge in [-0.2, -0.15) is 0 Å². The summed E-state index contributed by atoms with van der Waals surface area (Å²) in [5.74, 6) is 9.61. The first-order chi connectivity index (χ1) is 15.1. The Morgan fingerprint density at radius 1 is 1.23 bits per heavy atom. The van der Waals surface area contributed by atoms with Gasteiger partial charge in [-0.1, -0.05) is 57.2 Å². The number of carbonyl (C=O) groups is 1. The number of rotatable bonds is 8. The van der Waals surface area contributed by atoms with E-state index in [9.17, 15) is 4.79 Å². The number of nitrogens with zero attached hydrogens (tertiary/aromatic N) is 1. The fraction of sp³-hybridized carbons (Fsp3) is 0.440. The van der Waals surface area contributed by atoms with Crippen LogP contribution >= 0.6 is 23.5 Å². The number of unbranched alkanes of at least 4 members (excludes halogenated alkanes) is 1. The molecule has 0 radical (unpaired) electrons. The Hall–Kier alpha value is -2.10. The zero-order valence-corrected chi connectivity index (χ0v) is 20.0. The lowest BCUT2D eigenvalue weighted by molar-refractivity contribution is -0.134. The van der Waals surface area contributed by atoms with E-state index in [4.69, 9.17) is 9.47 Å². The normalized spacial score (nSPS) is 16.4. The van der Waals surface area contributed by atoms with Crippen molar-refractivity contribution in [1.82, 2.24) is 4.98 Å². The minimum atomic E-state index is -0.237. The maximum absolute atomic E-state index is 11.9. The molecule has 31 heavy (non-hydrogen) atoms.